The molecule has 8 heteroatoms. The number of benzene rings is 2. The number of carbonyl (C=O) groups excluding carboxylic acids is 1. The van der Waals surface area contributed by atoms with Crippen LogP contribution in [-0.2, 0) is 6.54 Å². The topological polar surface area (TPSA) is 82.2 Å². The van der Waals surface area contributed by atoms with Gasteiger partial charge in [0.15, 0.2) is 11.9 Å². The van der Waals surface area contributed by atoms with Crippen molar-refractivity contribution in [1.82, 2.24) is 14.8 Å². The zero-order valence-electron chi connectivity index (χ0n) is 16.2. The number of nitrogens with one attached hydrogen (secondary N) is 1. The number of nitrogens with zero attached hydrogens (tertiary/aromatic N) is 3. The van der Waals surface area contributed by atoms with E-state index in [0.29, 0.717) is 34.8 Å². The second-order valence-corrected chi connectivity index (χ2v) is 6.98. The SMILES string of the molecule is C[C@H](Oc1ccccc1)C(=O)n1nc(-c2ccco2)nc1NCc1ccc(Cl)cc1. The van der Waals surface area contributed by atoms with E-state index in [2.05, 4.69) is 15.4 Å². The molecule has 0 radical (unpaired) electrons. The second-order valence-electron chi connectivity index (χ2n) is 6.54. The molecule has 0 bridgehead atoms. The third kappa shape index (κ3) is 4.52. The van der Waals surface area contributed by atoms with Gasteiger partial charge in [-0.05, 0) is 48.9 Å². The average molecular weight is 423 g/mol. The largest absolute Gasteiger partial charge is 0.481 e. The maximum atomic E-state index is 13.1. The lowest BCUT2D eigenvalue weighted by atomic mass is 10.2. The standard InChI is InChI=1S/C22H19ClN4O3/c1-15(30-18-6-3-2-4-7-18)21(28)27-22(24-14-16-9-11-17(23)12-10-16)25-20(26-27)19-8-5-13-29-19/h2-13,15H,14H2,1H3,(H,24,25,26)/t15-/m0/s1. The third-order valence-corrected chi connectivity index (χ3v) is 4.58. The molecule has 0 fully saturated rings. The van der Waals surface area contributed by atoms with Crippen LogP contribution in [0.5, 0.6) is 5.75 Å². The molecule has 152 valence electrons. The molecule has 1 N–H and O–H groups in total. The van der Waals surface area contributed by atoms with E-state index in [0.717, 1.165) is 5.56 Å². The van der Waals surface area contributed by atoms with Crippen LogP contribution in [-0.4, -0.2) is 26.8 Å². The smallest absolute Gasteiger partial charge is 0.290 e. The van der Waals surface area contributed by atoms with Crippen LogP contribution in [0.4, 0.5) is 5.95 Å². The summed E-state index contributed by atoms with van der Waals surface area (Å²) in [5.74, 6) is 1.31. The van der Waals surface area contributed by atoms with Crippen molar-refractivity contribution in [1.29, 1.82) is 0 Å². The molecule has 0 saturated carbocycles. The Morgan fingerprint density at radius 3 is 2.60 bits per heavy atom. The van der Waals surface area contributed by atoms with Crippen molar-refractivity contribution in [2.75, 3.05) is 5.32 Å². The molecule has 0 aliphatic rings. The molecule has 0 amide bonds. The quantitative estimate of drug-likeness (QED) is 0.455. The Bertz CT molecular complexity index is 1110. The molecule has 0 saturated heterocycles. The lowest BCUT2D eigenvalue weighted by Gasteiger charge is -2.14. The number of rotatable bonds is 7. The number of hydrogen-bond acceptors (Lipinski definition) is 6. The van der Waals surface area contributed by atoms with Gasteiger partial charge in [0.1, 0.15) is 5.75 Å². The molecule has 7 nitrogen and oxygen atoms in total. The summed E-state index contributed by atoms with van der Waals surface area (Å²) >= 11 is 5.94. The monoisotopic (exact) mass is 422 g/mol. The fourth-order valence-corrected chi connectivity index (χ4v) is 2.93. The van der Waals surface area contributed by atoms with E-state index in [-0.39, 0.29) is 5.91 Å². The Morgan fingerprint density at radius 1 is 1.13 bits per heavy atom. The summed E-state index contributed by atoms with van der Waals surface area (Å²) in [6.45, 7) is 2.11. The number of para-hydroxylation sites is 1. The van der Waals surface area contributed by atoms with Crippen molar-refractivity contribution >= 4 is 23.5 Å². The van der Waals surface area contributed by atoms with Crippen LogP contribution in [0, 0.1) is 0 Å². The molecule has 30 heavy (non-hydrogen) atoms. The summed E-state index contributed by atoms with van der Waals surface area (Å²) in [6.07, 6.45) is 0.759. The van der Waals surface area contributed by atoms with Crippen molar-refractivity contribution in [3.05, 3.63) is 83.6 Å². The van der Waals surface area contributed by atoms with Gasteiger partial charge in [0.05, 0.1) is 6.26 Å². The highest BCUT2D eigenvalue weighted by Gasteiger charge is 2.24. The summed E-state index contributed by atoms with van der Waals surface area (Å²) in [5.41, 5.74) is 0.981. The van der Waals surface area contributed by atoms with Crippen LogP contribution in [0.3, 0.4) is 0 Å². The van der Waals surface area contributed by atoms with Crippen molar-refractivity contribution < 1.29 is 13.9 Å². The van der Waals surface area contributed by atoms with Gasteiger partial charge < -0.3 is 14.5 Å². The number of aromatic nitrogens is 3. The molecule has 2 aromatic carbocycles. The van der Waals surface area contributed by atoms with Crippen LogP contribution in [0.25, 0.3) is 11.6 Å². The van der Waals surface area contributed by atoms with Crippen molar-refractivity contribution in [2.45, 2.75) is 19.6 Å². The van der Waals surface area contributed by atoms with Gasteiger partial charge in [-0.3, -0.25) is 4.79 Å². The molecule has 0 aliphatic heterocycles. The lowest BCUT2D eigenvalue weighted by molar-refractivity contribution is 0.0713. The van der Waals surface area contributed by atoms with Gasteiger partial charge in [-0.2, -0.15) is 9.67 Å². The molecular formula is C22H19ClN4O3. The molecule has 0 spiro atoms. The Balaban J connectivity index is 1.58. The summed E-state index contributed by atoms with van der Waals surface area (Å²) in [5, 5.41) is 8.16. The van der Waals surface area contributed by atoms with Gasteiger partial charge in [0, 0.05) is 11.6 Å². The maximum absolute atomic E-state index is 13.1. The van der Waals surface area contributed by atoms with E-state index in [1.54, 1.807) is 43.3 Å². The Labute approximate surface area is 178 Å². The molecule has 0 aliphatic carbocycles. The minimum Gasteiger partial charge on any atom is -0.481 e. The fourth-order valence-electron chi connectivity index (χ4n) is 2.80. The number of hydrogen-bond donors (Lipinski definition) is 1. The number of carbonyl (C=O) groups is 1. The van der Waals surface area contributed by atoms with E-state index >= 15 is 0 Å². The first-order valence-electron chi connectivity index (χ1n) is 9.35. The van der Waals surface area contributed by atoms with Crippen LogP contribution >= 0.6 is 11.6 Å². The van der Waals surface area contributed by atoms with Gasteiger partial charge in [0.2, 0.25) is 11.8 Å². The first-order valence-corrected chi connectivity index (χ1v) is 9.73. The summed E-state index contributed by atoms with van der Waals surface area (Å²) in [7, 11) is 0. The number of ether oxygens (including phenoxy) is 1. The van der Waals surface area contributed by atoms with E-state index in [1.807, 2.05) is 30.3 Å². The summed E-state index contributed by atoms with van der Waals surface area (Å²) in [4.78, 5) is 17.5. The normalized spacial score (nSPS) is 11.8. The fraction of sp³-hybridized carbons (Fsp3) is 0.136. The molecule has 1 atom stereocenters. The van der Waals surface area contributed by atoms with Crippen molar-refractivity contribution in [2.24, 2.45) is 0 Å². The van der Waals surface area contributed by atoms with Crippen LogP contribution < -0.4 is 10.1 Å². The minimum atomic E-state index is -0.769. The van der Waals surface area contributed by atoms with Gasteiger partial charge in [-0.25, -0.2) is 0 Å². The zero-order valence-corrected chi connectivity index (χ0v) is 16.9. The van der Waals surface area contributed by atoms with Gasteiger partial charge >= 0.3 is 0 Å². The molecule has 2 aromatic heterocycles. The highest BCUT2D eigenvalue weighted by atomic mass is 35.5. The molecule has 4 rings (SSSR count). The highest BCUT2D eigenvalue weighted by Crippen LogP contribution is 2.20. The third-order valence-electron chi connectivity index (χ3n) is 4.33. The first-order chi connectivity index (χ1) is 14.6. The zero-order chi connectivity index (χ0) is 20.9. The Hall–Kier alpha value is -3.58. The van der Waals surface area contributed by atoms with Crippen molar-refractivity contribution in [3.8, 4) is 17.3 Å². The number of halogens is 1. The highest BCUT2D eigenvalue weighted by molar-refractivity contribution is 6.30. The van der Waals surface area contributed by atoms with E-state index in [1.165, 1.54) is 10.9 Å². The predicted molar refractivity (Wildman–Crippen MR) is 114 cm³/mol. The van der Waals surface area contributed by atoms with Crippen molar-refractivity contribution in [3.63, 3.8) is 0 Å². The van der Waals surface area contributed by atoms with Gasteiger partial charge in [0.25, 0.3) is 5.91 Å². The van der Waals surface area contributed by atoms with E-state index in [4.69, 9.17) is 20.8 Å². The maximum Gasteiger partial charge on any atom is 0.290 e. The van der Waals surface area contributed by atoms with Crippen LogP contribution in [0.1, 0.15) is 17.3 Å². The second kappa shape index (κ2) is 8.84. The lowest BCUT2D eigenvalue weighted by Crippen LogP contribution is -2.31. The van der Waals surface area contributed by atoms with Gasteiger partial charge in [-0.15, -0.1) is 5.10 Å². The average Bonchev–Trinajstić information content (AvgIpc) is 3.43. The van der Waals surface area contributed by atoms with E-state index < -0.39 is 6.10 Å². The molecule has 0 unspecified atom stereocenters. The summed E-state index contributed by atoms with van der Waals surface area (Å²) in [6, 6.07) is 20.0. The number of furan rings is 1. The van der Waals surface area contributed by atoms with E-state index in [9.17, 15) is 4.79 Å². The molecule has 4 aromatic rings. The number of anilines is 1. The molecular weight excluding hydrogens is 404 g/mol. The first kappa shape index (κ1) is 19.7. The Kier molecular flexibility index (Phi) is 5.81. The predicted octanol–water partition coefficient (Wildman–Crippen LogP) is 4.91. The molecule has 2 heterocycles. The van der Waals surface area contributed by atoms with Crippen LogP contribution in [0.2, 0.25) is 5.02 Å². The Morgan fingerprint density at radius 2 is 1.90 bits per heavy atom. The van der Waals surface area contributed by atoms with Gasteiger partial charge in [-0.1, -0.05) is 41.9 Å². The van der Waals surface area contributed by atoms with Crippen LogP contribution in [0.15, 0.2) is 77.4 Å². The summed E-state index contributed by atoms with van der Waals surface area (Å²) < 4.78 is 12.3. The minimum absolute atomic E-state index is 0.296.